The number of ether oxygens (including phenoxy) is 1. The molecule has 0 radical (unpaired) electrons. The minimum atomic E-state index is 0. The number of likely N-dealkylation sites (tertiary alicyclic amines) is 1. The first-order valence-corrected chi connectivity index (χ1v) is 7.32. The summed E-state index contributed by atoms with van der Waals surface area (Å²) in [5, 5.41) is 0. The highest BCUT2D eigenvalue weighted by molar-refractivity contribution is 5.85. The van der Waals surface area contributed by atoms with Crippen LogP contribution in [0.1, 0.15) is 18.9 Å². The maximum atomic E-state index is 12.1. The Hall–Kier alpha value is -1.10. The third-order valence-electron chi connectivity index (χ3n) is 3.92. The fraction of sp³-hybridized carbons (Fsp3) is 0.562. The van der Waals surface area contributed by atoms with Gasteiger partial charge in [-0.3, -0.25) is 4.79 Å². The van der Waals surface area contributed by atoms with Crippen molar-refractivity contribution in [2.45, 2.75) is 25.8 Å². The van der Waals surface area contributed by atoms with Crippen molar-refractivity contribution < 1.29 is 9.53 Å². The Morgan fingerprint density at radius 3 is 2.71 bits per heavy atom. The van der Waals surface area contributed by atoms with Gasteiger partial charge in [-0.2, -0.15) is 0 Å². The second kappa shape index (κ2) is 9.03. The van der Waals surface area contributed by atoms with Gasteiger partial charge < -0.3 is 15.4 Å². The molecule has 1 aromatic rings. The number of hydrogen-bond donors (Lipinski definition) is 1. The molecule has 1 saturated heterocycles. The molecule has 2 rings (SSSR count). The highest BCUT2D eigenvalue weighted by Gasteiger charge is 2.31. The molecule has 5 heteroatoms. The van der Waals surface area contributed by atoms with Crippen molar-refractivity contribution in [2.75, 3.05) is 26.3 Å². The largest absolute Gasteiger partial charge is 0.371 e. The molecule has 1 amide bonds. The standard InChI is InChI=1S/C16H24N2O2.ClH/c1-13-9-15(10-17)11-18(13)16(19)12-20-8-7-14-5-3-2-4-6-14;/h2-6,13,15H,7-12,17H2,1H3;1H. The van der Waals surface area contributed by atoms with Crippen LogP contribution in [-0.4, -0.2) is 43.2 Å². The molecule has 118 valence electrons. The molecular weight excluding hydrogens is 288 g/mol. The first-order chi connectivity index (χ1) is 9.70. The normalized spacial score (nSPS) is 21.1. The maximum Gasteiger partial charge on any atom is 0.248 e. The molecule has 1 aliphatic heterocycles. The fourth-order valence-electron chi connectivity index (χ4n) is 2.74. The van der Waals surface area contributed by atoms with E-state index in [0.717, 1.165) is 19.4 Å². The Labute approximate surface area is 133 Å². The first kappa shape index (κ1) is 18.0. The Bertz CT molecular complexity index is 428. The zero-order valence-corrected chi connectivity index (χ0v) is 13.3. The van der Waals surface area contributed by atoms with Crippen molar-refractivity contribution >= 4 is 18.3 Å². The van der Waals surface area contributed by atoms with Crippen molar-refractivity contribution in [3.63, 3.8) is 0 Å². The summed E-state index contributed by atoms with van der Waals surface area (Å²) in [6, 6.07) is 10.4. The van der Waals surface area contributed by atoms with E-state index in [-0.39, 0.29) is 31.0 Å². The zero-order chi connectivity index (χ0) is 14.4. The van der Waals surface area contributed by atoms with Gasteiger partial charge in [-0.05, 0) is 37.8 Å². The highest BCUT2D eigenvalue weighted by atomic mass is 35.5. The average molecular weight is 313 g/mol. The number of rotatable bonds is 6. The van der Waals surface area contributed by atoms with Crippen LogP contribution in [0.4, 0.5) is 0 Å². The van der Waals surface area contributed by atoms with Crippen LogP contribution in [-0.2, 0) is 16.0 Å². The minimum Gasteiger partial charge on any atom is -0.371 e. The second-order valence-corrected chi connectivity index (χ2v) is 5.52. The van der Waals surface area contributed by atoms with E-state index >= 15 is 0 Å². The quantitative estimate of drug-likeness (QED) is 0.816. The van der Waals surface area contributed by atoms with Gasteiger partial charge in [0.15, 0.2) is 0 Å². The van der Waals surface area contributed by atoms with Gasteiger partial charge in [0.05, 0.1) is 6.61 Å². The summed E-state index contributed by atoms with van der Waals surface area (Å²) in [4.78, 5) is 14.0. The number of nitrogens with two attached hydrogens (primary N) is 1. The van der Waals surface area contributed by atoms with Crippen molar-refractivity contribution in [3.8, 4) is 0 Å². The lowest BCUT2D eigenvalue weighted by atomic mass is 10.1. The van der Waals surface area contributed by atoms with Gasteiger partial charge in [0, 0.05) is 12.6 Å². The summed E-state index contributed by atoms with van der Waals surface area (Å²) in [6.07, 6.45) is 1.85. The maximum absolute atomic E-state index is 12.1. The molecule has 1 fully saturated rings. The van der Waals surface area contributed by atoms with E-state index in [1.165, 1.54) is 5.56 Å². The van der Waals surface area contributed by atoms with E-state index in [1.807, 2.05) is 23.1 Å². The highest BCUT2D eigenvalue weighted by Crippen LogP contribution is 2.21. The molecule has 0 saturated carbocycles. The predicted octanol–water partition coefficient (Wildman–Crippen LogP) is 1.86. The summed E-state index contributed by atoms with van der Waals surface area (Å²) in [7, 11) is 0. The van der Waals surface area contributed by atoms with Crippen LogP contribution in [0.3, 0.4) is 0 Å². The van der Waals surface area contributed by atoms with Crippen LogP contribution in [0.25, 0.3) is 0 Å². The molecule has 0 aliphatic carbocycles. The monoisotopic (exact) mass is 312 g/mol. The number of carbonyl (C=O) groups excluding carboxylic acids is 1. The molecule has 2 N–H and O–H groups in total. The summed E-state index contributed by atoms with van der Waals surface area (Å²) < 4.78 is 5.51. The van der Waals surface area contributed by atoms with Crippen molar-refractivity contribution in [1.29, 1.82) is 0 Å². The number of halogens is 1. The molecule has 21 heavy (non-hydrogen) atoms. The molecule has 1 heterocycles. The third kappa shape index (κ3) is 5.30. The summed E-state index contributed by atoms with van der Waals surface area (Å²) >= 11 is 0. The molecule has 1 aromatic carbocycles. The summed E-state index contributed by atoms with van der Waals surface area (Å²) in [5.41, 5.74) is 6.91. The Kier molecular flexibility index (Phi) is 7.72. The second-order valence-electron chi connectivity index (χ2n) is 5.52. The Morgan fingerprint density at radius 1 is 1.38 bits per heavy atom. The zero-order valence-electron chi connectivity index (χ0n) is 12.5. The van der Waals surface area contributed by atoms with Crippen LogP contribution in [0.5, 0.6) is 0 Å². The molecule has 0 spiro atoms. The minimum absolute atomic E-state index is 0. The van der Waals surface area contributed by atoms with E-state index in [4.69, 9.17) is 10.5 Å². The van der Waals surface area contributed by atoms with Gasteiger partial charge in [0.1, 0.15) is 6.61 Å². The SMILES string of the molecule is CC1CC(CN)CN1C(=O)COCCc1ccccc1.Cl. The average Bonchev–Trinajstić information content (AvgIpc) is 2.86. The van der Waals surface area contributed by atoms with Crippen LogP contribution >= 0.6 is 12.4 Å². The van der Waals surface area contributed by atoms with Gasteiger partial charge in [-0.15, -0.1) is 12.4 Å². The lowest BCUT2D eigenvalue weighted by Gasteiger charge is -2.21. The van der Waals surface area contributed by atoms with Gasteiger partial charge >= 0.3 is 0 Å². The summed E-state index contributed by atoms with van der Waals surface area (Å²) in [6.45, 7) is 4.27. The van der Waals surface area contributed by atoms with Gasteiger partial charge in [-0.25, -0.2) is 0 Å². The van der Waals surface area contributed by atoms with E-state index in [0.29, 0.717) is 19.1 Å². The lowest BCUT2D eigenvalue weighted by molar-refractivity contribution is -0.136. The number of amides is 1. The molecule has 2 unspecified atom stereocenters. The van der Waals surface area contributed by atoms with Crippen molar-refractivity contribution in [3.05, 3.63) is 35.9 Å². The van der Waals surface area contributed by atoms with Gasteiger partial charge in [0.25, 0.3) is 0 Å². The van der Waals surface area contributed by atoms with Crippen LogP contribution in [0.15, 0.2) is 30.3 Å². The molecule has 2 atom stereocenters. The van der Waals surface area contributed by atoms with Crippen molar-refractivity contribution in [2.24, 2.45) is 11.7 Å². The fourth-order valence-corrected chi connectivity index (χ4v) is 2.74. The van der Waals surface area contributed by atoms with Gasteiger partial charge in [0.2, 0.25) is 5.91 Å². The van der Waals surface area contributed by atoms with Crippen LogP contribution in [0, 0.1) is 5.92 Å². The predicted molar refractivity (Wildman–Crippen MR) is 86.5 cm³/mol. The number of hydrogen-bond acceptors (Lipinski definition) is 3. The van der Waals surface area contributed by atoms with Crippen LogP contribution < -0.4 is 5.73 Å². The van der Waals surface area contributed by atoms with Crippen molar-refractivity contribution in [1.82, 2.24) is 4.90 Å². The van der Waals surface area contributed by atoms with E-state index < -0.39 is 0 Å². The number of benzene rings is 1. The Morgan fingerprint density at radius 2 is 2.10 bits per heavy atom. The van der Waals surface area contributed by atoms with Gasteiger partial charge in [-0.1, -0.05) is 30.3 Å². The molecule has 4 nitrogen and oxygen atoms in total. The number of nitrogens with zero attached hydrogens (tertiary/aromatic N) is 1. The summed E-state index contributed by atoms with van der Waals surface area (Å²) in [5.74, 6) is 0.528. The molecule has 0 bridgehead atoms. The first-order valence-electron chi connectivity index (χ1n) is 7.32. The molecule has 0 aromatic heterocycles. The van der Waals surface area contributed by atoms with E-state index in [2.05, 4.69) is 19.1 Å². The molecular formula is C16H25ClN2O2. The number of carbonyl (C=O) groups is 1. The smallest absolute Gasteiger partial charge is 0.248 e. The topological polar surface area (TPSA) is 55.6 Å². The molecule has 1 aliphatic rings. The van der Waals surface area contributed by atoms with E-state index in [1.54, 1.807) is 0 Å². The third-order valence-corrected chi connectivity index (χ3v) is 3.92. The Balaban J connectivity index is 0.00000220. The lowest BCUT2D eigenvalue weighted by Crippen LogP contribution is -2.37. The van der Waals surface area contributed by atoms with E-state index in [9.17, 15) is 4.79 Å². The van der Waals surface area contributed by atoms with Crippen LogP contribution in [0.2, 0.25) is 0 Å².